The smallest absolute Gasteiger partial charge is 0.446 e. The lowest BCUT2D eigenvalue weighted by molar-refractivity contribution is -0.142. The second-order valence-corrected chi connectivity index (χ2v) is 5.85. The maximum absolute atomic E-state index is 12.4. The molecule has 1 aromatic rings. The molecule has 0 saturated heterocycles. The minimum absolute atomic E-state index is 0.0717. The van der Waals surface area contributed by atoms with Crippen molar-refractivity contribution in [1.29, 1.82) is 5.26 Å². The zero-order valence-corrected chi connectivity index (χ0v) is 13.2. The number of benzene rings is 1. The van der Waals surface area contributed by atoms with Crippen molar-refractivity contribution < 1.29 is 22.7 Å². The van der Waals surface area contributed by atoms with Crippen LogP contribution in [0.4, 0.5) is 13.2 Å². The Morgan fingerprint density at radius 1 is 1.50 bits per heavy atom. The van der Waals surface area contributed by atoms with Crippen molar-refractivity contribution >= 4 is 40.3 Å². The van der Waals surface area contributed by atoms with Gasteiger partial charge in [0.2, 0.25) is 0 Å². The molecular weight excluding hydrogens is 406 g/mol. The molecule has 3 nitrogen and oxygen atoms in total. The highest BCUT2D eigenvalue weighted by Crippen LogP contribution is 2.39. The van der Waals surface area contributed by atoms with Crippen LogP contribution in [-0.4, -0.2) is 18.1 Å². The fraction of sp³-hybridized carbons (Fsp3) is 0.333. The van der Waals surface area contributed by atoms with Gasteiger partial charge in [-0.15, -0.1) is 0 Å². The third-order valence-corrected chi connectivity index (χ3v) is 3.93. The van der Waals surface area contributed by atoms with Crippen LogP contribution in [0.5, 0.6) is 0 Å². The molecule has 0 aromatic heterocycles. The Kier molecular flexibility index (Phi) is 6.13. The Morgan fingerprint density at radius 2 is 2.15 bits per heavy atom. The topological polar surface area (TPSA) is 50.1 Å². The van der Waals surface area contributed by atoms with Crippen LogP contribution in [0.1, 0.15) is 18.1 Å². The lowest BCUT2D eigenvalue weighted by Gasteiger charge is -2.11. The van der Waals surface area contributed by atoms with E-state index in [2.05, 4.69) is 0 Å². The molecule has 8 heteroatoms. The molecule has 0 spiro atoms. The SMILES string of the molecule is CCOC(=O)Cc1cc(C#N)c(SC(F)(F)F)cc1I. The first kappa shape index (κ1) is 17.1. The van der Waals surface area contributed by atoms with Crippen molar-refractivity contribution in [3.8, 4) is 6.07 Å². The summed E-state index contributed by atoms with van der Waals surface area (Å²) >= 11 is 1.49. The number of hydrogen-bond donors (Lipinski definition) is 0. The van der Waals surface area contributed by atoms with Crippen molar-refractivity contribution in [2.24, 2.45) is 0 Å². The maximum Gasteiger partial charge on any atom is 0.446 e. The summed E-state index contributed by atoms with van der Waals surface area (Å²) in [6, 6.07) is 4.27. The largest absolute Gasteiger partial charge is 0.466 e. The number of nitrogens with zero attached hydrogens (tertiary/aromatic N) is 1. The molecule has 20 heavy (non-hydrogen) atoms. The van der Waals surface area contributed by atoms with Gasteiger partial charge >= 0.3 is 11.5 Å². The summed E-state index contributed by atoms with van der Waals surface area (Å²) in [5, 5.41) is 8.92. The second kappa shape index (κ2) is 7.17. The van der Waals surface area contributed by atoms with E-state index in [0.717, 1.165) is 0 Å². The lowest BCUT2D eigenvalue weighted by atomic mass is 10.1. The van der Waals surface area contributed by atoms with E-state index in [4.69, 9.17) is 10.00 Å². The summed E-state index contributed by atoms with van der Waals surface area (Å²) in [5.74, 6) is -0.481. The molecule has 0 aliphatic carbocycles. The number of esters is 1. The van der Waals surface area contributed by atoms with Crippen molar-refractivity contribution in [3.05, 3.63) is 26.8 Å². The summed E-state index contributed by atoms with van der Waals surface area (Å²) in [6.45, 7) is 1.88. The van der Waals surface area contributed by atoms with Gasteiger partial charge in [0.05, 0.1) is 18.6 Å². The zero-order chi connectivity index (χ0) is 15.3. The number of halogens is 4. The molecule has 0 aliphatic heterocycles. The number of ether oxygens (including phenoxy) is 1. The molecule has 1 aromatic carbocycles. The van der Waals surface area contributed by atoms with Gasteiger partial charge in [0.1, 0.15) is 6.07 Å². The summed E-state index contributed by atoms with van der Waals surface area (Å²) in [5.41, 5.74) is -4.09. The number of carbonyl (C=O) groups excluding carboxylic acids is 1. The van der Waals surface area contributed by atoms with Crippen LogP contribution in [0.3, 0.4) is 0 Å². The van der Waals surface area contributed by atoms with Gasteiger partial charge in [-0.2, -0.15) is 18.4 Å². The Hall–Kier alpha value is -0.950. The molecular formula is C12H9F3INO2S. The normalized spacial score (nSPS) is 11.0. The first-order valence-corrected chi connectivity index (χ1v) is 7.30. The molecule has 108 valence electrons. The second-order valence-electron chi connectivity index (χ2n) is 3.58. The molecule has 0 saturated carbocycles. The predicted octanol–water partition coefficient (Wildman–Crippen LogP) is 3.88. The molecule has 1 rings (SSSR count). The lowest BCUT2D eigenvalue weighted by Crippen LogP contribution is -2.09. The van der Waals surface area contributed by atoms with Gasteiger partial charge in [-0.3, -0.25) is 4.79 Å². The fourth-order valence-corrected chi connectivity index (χ4v) is 2.91. The monoisotopic (exact) mass is 415 g/mol. The van der Waals surface area contributed by atoms with E-state index in [1.165, 1.54) is 12.1 Å². The van der Waals surface area contributed by atoms with Gasteiger partial charge in [-0.25, -0.2) is 0 Å². The van der Waals surface area contributed by atoms with Gasteiger partial charge in [-0.05, 0) is 59.0 Å². The Balaban J connectivity index is 3.08. The molecule has 0 amide bonds. The van der Waals surface area contributed by atoms with Gasteiger partial charge in [0.25, 0.3) is 0 Å². The average Bonchev–Trinajstić information content (AvgIpc) is 2.31. The highest BCUT2D eigenvalue weighted by Gasteiger charge is 2.31. The number of nitriles is 1. The quantitative estimate of drug-likeness (QED) is 0.426. The predicted molar refractivity (Wildman–Crippen MR) is 76.1 cm³/mol. The van der Waals surface area contributed by atoms with E-state index < -0.39 is 11.5 Å². The Morgan fingerprint density at radius 3 is 2.65 bits per heavy atom. The summed E-state index contributed by atoms with van der Waals surface area (Å²) in [4.78, 5) is 11.2. The van der Waals surface area contributed by atoms with Crippen LogP contribution in [-0.2, 0) is 16.0 Å². The molecule has 0 bridgehead atoms. The van der Waals surface area contributed by atoms with E-state index in [1.807, 2.05) is 22.6 Å². The molecule has 0 atom stereocenters. The standard InChI is InChI=1S/C12H9F3INO2S/c1-2-19-11(18)4-7-3-8(6-17)10(5-9(7)16)20-12(13,14)15/h3,5H,2,4H2,1H3. The molecule has 0 N–H and O–H groups in total. The summed E-state index contributed by atoms with van der Waals surface area (Å²) in [7, 11) is 0. The first-order chi connectivity index (χ1) is 9.26. The van der Waals surface area contributed by atoms with Crippen molar-refractivity contribution in [2.75, 3.05) is 6.61 Å². The van der Waals surface area contributed by atoms with E-state index in [0.29, 0.717) is 9.13 Å². The number of carbonyl (C=O) groups is 1. The maximum atomic E-state index is 12.4. The minimum Gasteiger partial charge on any atom is -0.466 e. The molecule has 0 radical (unpaired) electrons. The van der Waals surface area contributed by atoms with E-state index >= 15 is 0 Å². The minimum atomic E-state index is -4.46. The first-order valence-electron chi connectivity index (χ1n) is 5.40. The Bertz CT molecular complexity index is 555. The highest BCUT2D eigenvalue weighted by molar-refractivity contribution is 14.1. The van der Waals surface area contributed by atoms with Gasteiger partial charge < -0.3 is 4.74 Å². The van der Waals surface area contributed by atoms with E-state index in [9.17, 15) is 18.0 Å². The van der Waals surface area contributed by atoms with Crippen molar-refractivity contribution in [2.45, 2.75) is 23.7 Å². The van der Waals surface area contributed by atoms with E-state index in [-0.39, 0.29) is 35.2 Å². The third kappa shape index (κ3) is 5.20. The number of alkyl halides is 3. The average molecular weight is 415 g/mol. The van der Waals surface area contributed by atoms with Crippen LogP contribution in [0.25, 0.3) is 0 Å². The van der Waals surface area contributed by atoms with Crippen molar-refractivity contribution in [1.82, 2.24) is 0 Å². The van der Waals surface area contributed by atoms with Crippen LogP contribution >= 0.6 is 34.4 Å². The highest BCUT2D eigenvalue weighted by atomic mass is 127. The number of hydrogen-bond acceptors (Lipinski definition) is 4. The summed E-state index contributed by atoms with van der Waals surface area (Å²) in [6.07, 6.45) is -0.0717. The zero-order valence-electron chi connectivity index (χ0n) is 10.3. The Labute approximate surface area is 131 Å². The van der Waals surface area contributed by atoms with Crippen molar-refractivity contribution in [3.63, 3.8) is 0 Å². The van der Waals surface area contributed by atoms with Crippen LogP contribution in [0.2, 0.25) is 0 Å². The molecule has 0 fully saturated rings. The van der Waals surface area contributed by atoms with Gasteiger partial charge in [0, 0.05) is 8.47 Å². The van der Waals surface area contributed by atoms with Gasteiger partial charge in [0.15, 0.2) is 0 Å². The number of thioether (sulfide) groups is 1. The van der Waals surface area contributed by atoms with Crippen LogP contribution < -0.4 is 0 Å². The van der Waals surface area contributed by atoms with Crippen LogP contribution in [0.15, 0.2) is 17.0 Å². The third-order valence-electron chi connectivity index (χ3n) is 2.13. The number of rotatable bonds is 4. The molecule has 0 heterocycles. The van der Waals surface area contributed by atoms with Crippen LogP contribution in [0, 0.1) is 14.9 Å². The summed E-state index contributed by atoms with van der Waals surface area (Å²) < 4.78 is 42.4. The molecule has 0 aliphatic rings. The fourth-order valence-electron chi connectivity index (χ4n) is 1.40. The van der Waals surface area contributed by atoms with Gasteiger partial charge in [-0.1, -0.05) is 0 Å². The molecule has 0 unspecified atom stereocenters. The van der Waals surface area contributed by atoms with E-state index in [1.54, 1.807) is 13.0 Å².